The summed E-state index contributed by atoms with van der Waals surface area (Å²) in [4.78, 5) is 11.0. The summed E-state index contributed by atoms with van der Waals surface area (Å²) < 4.78 is 36.2. The molecule has 2 aromatic rings. The third-order valence-corrected chi connectivity index (χ3v) is 3.18. The molecule has 0 fully saturated rings. The molecule has 0 N–H and O–H groups in total. The topological polar surface area (TPSA) is 62.5 Å². The summed E-state index contributed by atoms with van der Waals surface area (Å²) in [5, 5.41) is 8.39. The molecule has 24 heavy (non-hydrogen) atoms. The monoisotopic (exact) mass is 336 g/mol. The minimum Gasteiger partial charge on any atom is -0.251 e. The molecule has 0 radical (unpaired) electrons. The van der Waals surface area contributed by atoms with Crippen LogP contribution < -0.4 is 0 Å². The van der Waals surface area contributed by atoms with E-state index in [1.807, 2.05) is 19.9 Å². The molecule has 0 atom stereocenters. The molecule has 2 aromatic heterocycles. The number of nitriles is 1. The molecule has 2 rings (SSSR count). The summed E-state index contributed by atoms with van der Waals surface area (Å²) in [5.74, 6) is 0.854. The van der Waals surface area contributed by atoms with Crippen LogP contribution in [-0.4, -0.2) is 15.0 Å². The second-order valence-electron chi connectivity index (χ2n) is 5.74. The van der Waals surface area contributed by atoms with Gasteiger partial charge in [-0.2, -0.15) is 18.4 Å². The normalized spacial score (nSPS) is 11.0. The van der Waals surface area contributed by atoms with Gasteiger partial charge in [-0.1, -0.05) is 33.8 Å². The number of nitrogens with zero attached hydrogens (tertiary/aromatic N) is 4. The van der Waals surface area contributed by atoms with Gasteiger partial charge in [0.2, 0.25) is 5.82 Å². The Bertz CT molecular complexity index is 669. The summed E-state index contributed by atoms with van der Waals surface area (Å²) in [6.07, 6.45) is 0.315. The average Bonchev–Trinajstić information content (AvgIpc) is 2.54. The number of pyridine rings is 1. The molecule has 0 saturated carbocycles. The minimum atomic E-state index is -4.34. The number of hydrogen-bond acceptors (Lipinski definition) is 4. The highest BCUT2D eigenvalue weighted by Gasteiger charge is 2.32. The zero-order chi connectivity index (χ0) is 18.3. The molecule has 0 unspecified atom stereocenters. The van der Waals surface area contributed by atoms with Gasteiger partial charge in [-0.05, 0) is 29.0 Å². The summed E-state index contributed by atoms with van der Waals surface area (Å²) in [7, 11) is 0. The average molecular weight is 336 g/mol. The van der Waals surface area contributed by atoms with E-state index in [0.717, 1.165) is 17.2 Å². The van der Waals surface area contributed by atoms with E-state index in [1.165, 1.54) is 12.3 Å². The highest BCUT2D eigenvalue weighted by atomic mass is 19.4. The lowest BCUT2D eigenvalue weighted by atomic mass is 10.1. The van der Waals surface area contributed by atoms with Gasteiger partial charge in [0.05, 0.1) is 0 Å². The Balaban J connectivity index is 0.000000243. The van der Waals surface area contributed by atoms with Crippen molar-refractivity contribution in [3.8, 4) is 6.07 Å². The Labute approximate surface area is 139 Å². The van der Waals surface area contributed by atoms with Crippen LogP contribution in [0.15, 0.2) is 30.7 Å². The van der Waals surface area contributed by atoms with Crippen LogP contribution in [0.1, 0.15) is 62.2 Å². The molecule has 0 aliphatic rings. The molecule has 0 aliphatic heterocycles. The van der Waals surface area contributed by atoms with Gasteiger partial charge in [0.1, 0.15) is 11.8 Å². The van der Waals surface area contributed by atoms with Crippen molar-refractivity contribution in [1.29, 1.82) is 5.26 Å². The quantitative estimate of drug-likeness (QED) is 0.798. The summed E-state index contributed by atoms with van der Waals surface area (Å²) in [5.41, 5.74) is 1.04. The van der Waals surface area contributed by atoms with Crippen molar-refractivity contribution in [3.05, 3.63) is 53.4 Å². The first kappa shape index (κ1) is 19.6. The van der Waals surface area contributed by atoms with Gasteiger partial charge < -0.3 is 0 Å². The highest BCUT2D eigenvalue weighted by Crippen LogP contribution is 2.27. The Kier molecular flexibility index (Phi) is 6.83. The molecule has 0 aliphatic carbocycles. The lowest BCUT2D eigenvalue weighted by molar-refractivity contribution is -0.141. The first-order valence-electron chi connectivity index (χ1n) is 7.40. The first-order chi connectivity index (χ1) is 11.1. The molecular weight excluding hydrogens is 317 g/mol. The molecule has 7 heteroatoms. The van der Waals surface area contributed by atoms with E-state index in [4.69, 9.17) is 5.26 Å². The molecule has 0 spiro atoms. The minimum absolute atomic E-state index is 0.204. The fourth-order valence-corrected chi connectivity index (χ4v) is 1.61. The van der Waals surface area contributed by atoms with Crippen molar-refractivity contribution in [2.24, 2.45) is 0 Å². The van der Waals surface area contributed by atoms with E-state index in [1.54, 1.807) is 12.4 Å². The van der Waals surface area contributed by atoms with Gasteiger partial charge in [-0.3, -0.25) is 4.98 Å². The second kappa shape index (κ2) is 8.39. The lowest BCUT2D eigenvalue weighted by Crippen LogP contribution is -2.07. The predicted molar refractivity (Wildman–Crippen MR) is 84.2 cm³/mol. The van der Waals surface area contributed by atoms with Crippen LogP contribution >= 0.6 is 0 Å². The summed E-state index contributed by atoms with van der Waals surface area (Å²) in [6, 6.07) is 4.34. The molecule has 2 heterocycles. The molecular formula is C17H19F3N4. The SMILES string of the molecule is CC(C)c1ccc(C(F)(F)F)nc1.CC(C)c1cnc(C#N)nc1. The van der Waals surface area contributed by atoms with Crippen molar-refractivity contribution in [2.45, 2.75) is 45.7 Å². The number of rotatable bonds is 2. The Morgan fingerprint density at radius 2 is 1.38 bits per heavy atom. The first-order valence-corrected chi connectivity index (χ1v) is 7.40. The van der Waals surface area contributed by atoms with E-state index in [-0.39, 0.29) is 11.7 Å². The second-order valence-corrected chi connectivity index (χ2v) is 5.74. The van der Waals surface area contributed by atoms with E-state index in [9.17, 15) is 13.2 Å². The van der Waals surface area contributed by atoms with Gasteiger partial charge >= 0.3 is 6.18 Å². The van der Waals surface area contributed by atoms with Gasteiger partial charge in [-0.25, -0.2) is 9.97 Å². The number of alkyl halides is 3. The van der Waals surface area contributed by atoms with E-state index >= 15 is 0 Å². The van der Waals surface area contributed by atoms with Crippen LogP contribution in [-0.2, 0) is 6.18 Å². The van der Waals surface area contributed by atoms with Gasteiger partial charge in [0, 0.05) is 18.6 Å². The van der Waals surface area contributed by atoms with Crippen LogP contribution in [0.2, 0.25) is 0 Å². The number of halogens is 3. The largest absolute Gasteiger partial charge is 0.433 e. The van der Waals surface area contributed by atoms with Crippen molar-refractivity contribution in [2.75, 3.05) is 0 Å². The zero-order valence-electron chi connectivity index (χ0n) is 14.0. The molecule has 0 aromatic carbocycles. The van der Waals surface area contributed by atoms with E-state index in [2.05, 4.69) is 28.8 Å². The maximum absolute atomic E-state index is 12.1. The third kappa shape index (κ3) is 5.95. The number of hydrogen-bond donors (Lipinski definition) is 0. The lowest BCUT2D eigenvalue weighted by Gasteiger charge is -2.07. The number of aromatic nitrogens is 3. The third-order valence-electron chi connectivity index (χ3n) is 3.18. The highest BCUT2D eigenvalue weighted by molar-refractivity contribution is 5.18. The van der Waals surface area contributed by atoms with Crippen LogP contribution in [0, 0.1) is 11.3 Å². The van der Waals surface area contributed by atoms with E-state index in [0.29, 0.717) is 5.92 Å². The Hall–Kier alpha value is -2.49. The van der Waals surface area contributed by atoms with Crippen molar-refractivity contribution < 1.29 is 13.2 Å². The molecule has 128 valence electrons. The van der Waals surface area contributed by atoms with E-state index < -0.39 is 11.9 Å². The van der Waals surface area contributed by atoms with Crippen LogP contribution in [0.5, 0.6) is 0 Å². The zero-order valence-corrected chi connectivity index (χ0v) is 14.0. The van der Waals surface area contributed by atoms with Crippen molar-refractivity contribution in [1.82, 2.24) is 15.0 Å². The maximum Gasteiger partial charge on any atom is 0.433 e. The van der Waals surface area contributed by atoms with Gasteiger partial charge in [0.15, 0.2) is 0 Å². The van der Waals surface area contributed by atoms with Crippen molar-refractivity contribution in [3.63, 3.8) is 0 Å². The summed E-state index contributed by atoms with van der Waals surface area (Å²) in [6.45, 7) is 7.93. The van der Waals surface area contributed by atoms with Gasteiger partial charge in [0.25, 0.3) is 0 Å². The van der Waals surface area contributed by atoms with Crippen molar-refractivity contribution >= 4 is 0 Å². The summed E-state index contributed by atoms with van der Waals surface area (Å²) >= 11 is 0. The molecule has 0 bridgehead atoms. The smallest absolute Gasteiger partial charge is 0.251 e. The maximum atomic E-state index is 12.1. The van der Waals surface area contributed by atoms with Crippen LogP contribution in [0.4, 0.5) is 13.2 Å². The fourth-order valence-electron chi connectivity index (χ4n) is 1.61. The molecule has 0 amide bonds. The fraction of sp³-hybridized carbons (Fsp3) is 0.412. The Morgan fingerprint density at radius 1 is 0.875 bits per heavy atom. The molecule has 0 saturated heterocycles. The van der Waals surface area contributed by atoms with Crippen LogP contribution in [0.3, 0.4) is 0 Å². The predicted octanol–water partition coefficient (Wildman–Crippen LogP) is 4.70. The van der Waals surface area contributed by atoms with Crippen LogP contribution in [0.25, 0.3) is 0 Å². The standard InChI is InChI=1S/C9H10F3N.C8H9N3/c1-6(2)7-3-4-8(13-5-7)9(10,11)12;1-6(2)7-4-10-8(3-9)11-5-7/h3-6H,1-2H3;4-6H,1-2H3. The molecule has 4 nitrogen and oxygen atoms in total. The Morgan fingerprint density at radius 3 is 1.71 bits per heavy atom. The van der Waals surface area contributed by atoms with Gasteiger partial charge in [-0.15, -0.1) is 0 Å².